The lowest BCUT2D eigenvalue weighted by molar-refractivity contribution is -0.121. The monoisotopic (exact) mass is 356 g/mol. The van der Waals surface area contributed by atoms with Crippen LogP contribution in [0.2, 0.25) is 5.02 Å². The number of hydrogen-bond donors (Lipinski definition) is 1. The lowest BCUT2D eigenvalue weighted by Gasteiger charge is -2.28. The Kier molecular flexibility index (Phi) is 5.05. The molecule has 0 radical (unpaired) electrons. The largest absolute Gasteiger partial charge is 0.482 e. The van der Waals surface area contributed by atoms with Crippen molar-refractivity contribution in [1.29, 1.82) is 0 Å². The maximum Gasteiger partial charge on any atom is 0.265 e. The van der Waals surface area contributed by atoms with Crippen molar-refractivity contribution in [3.63, 3.8) is 0 Å². The molecule has 5 nitrogen and oxygen atoms in total. The molecule has 0 bridgehead atoms. The second-order valence-corrected chi connectivity index (χ2v) is 5.92. The predicted octanol–water partition coefficient (Wildman–Crippen LogP) is 3.74. The topological polar surface area (TPSA) is 58.6 Å². The zero-order chi connectivity index (χ0) is 17.8. The van der Waals surface area contributed by atoms with E-state index in [1.807, 2.05) is 19.1 Å². The molecule has 0 aliphatic carbocycles. The Bertz CT molecular complexity index is 831. The third-order valence-electron chi connectivity index (χ3n) is 3.78. The number of likely N-dealkylation sites (N-methyl/N-ethyl adjacent to an activating group) is 1. The van der Waals surface area contributed by atoms with Gasteiger partial charge < -0.3 is 15.0 Å². The van der Waals surface area contributed by atoms with Gasteiger partial charge in [0.15, 0.2) is 6.61 Å². The van der Waals surface area contributed by atoms with Gasteiger partial charge in [-0.25, -0.2) is 0 Å². The lowest BCUT2D eigenvalue weighted by Crippen LogP contribution is -2.38. The molecule has 1 aliphatic rings. The van der Waals surface area contributed by atoms with Gasteiger partial charge in [0.2, 0.25) is 5.91 Å². The summed E-state index contributed by atoms with van der Waals surface area (Å²) in [6, 6.07) is 12.4. The second kappa shape index (κ2) is 7.40. The third kappa shape index (κ3) is 4.00. The van der Waals surface area contributed by atoms with Crippen LogP contribution in [0.25, 0.3) is 6.08 Å². The molecule has 0 atom stereocenters. The van der Waals surface area contributed by atoms with Crippen LogP contribution < -0.4 is 15.0 Å². The molecular formula is C19H17ClN2O3. The number of benzene rings is 2. The molecule has 25 heavy (non-hydrogen) atoms. The Morgan fingerprint density at radius 2 is 2.04 bits per heavy atom. The molecule has 0 saturated heterocycles. The first-order valence-corrected chi connectivity index (χ1v) is 8.26. The van der Waals surface area contributed by atoms with Gasteiger partial charge in [0, 0.05) is 23.3 Å². The highest BCUT2D eigenvalue weighted by atomic mass is 35.5. The van der Waals surface area contributed by atoms with Gasteiger partial charge in [-0.3, -0.25) is 9.59 Å². The fraction of sp³-hybridized carbons (Fsp3) is 0.158. The van der Waals surface area contributed by atoms with Crippen LogP contribution in [0, 0.1) is 0 Å². The van der Waals surface area contributed by atoms with E-state index in [4.69, 9.17) is 16.3 Å². The predicted molar refractivity (Wildman–Crippen MR) is 99.1 cm³/mol. The zero-order valence-electron chi connectivity index (χ0n) is 13.7. The van der Waals surface area contributed by atoms with Crippen LogP contribution in [-0.4, -0.2) is 25.0 Å². The number of halogens is 1. The third-order valence-corrected chi connectivity index (χ3v) is 4.03. The Morgan fingerprint density at radius 1 is 1.28 bits per heavy atom. The van der Waals surface area contributed by atoms with Crippen molar-refractivity contribution in [2.24, 2.45) is 0 Å². The Morgan fingerprint density at radius 3 is 2.76 bits per heavy atom. The molecule has 3 rings (SSSR count). The number of nitrogens with zero attached hydrogens (tertiary/aromatic N) is 1. The summed E-state index contributed by atoms with van der Waals surface area (Å²) in [5, 5.41) is 3.43. The standard InChI is InChI=1S/C19H17ClN2O3/c1-2-22-16-11-15(8-9-17(16)25-12-19(22)24)21-18(23)10-5-13-3-6-14(20)7-4-13/h3-11H,2,12H2,1H3,(H,21,23)/b10-5+. The average Bonchev–Trinajstić information content (AvgIpc) is 2.61. The quantitative estimate of drug-likeness (QED) is 0.849. The van der Waals surface area contributed by atoms with Crippen molar-refractivity contribution in [2.75, 3.05) is 23.4 Å². The first-order valence-electron chi connectivity index (χ1n) is 7.88. The molecule has 0 aromatic heterocycles. The molecule has 128 valence electrons. The van der Waals surface area contributed by atoms with E-state index in [0.29, 0.717) is 28.7 Å². The van der Waals surface area contributed by atoms with E-state index in [-0.39, 0.29) is 18.4 Å². The number of amides is 2. The number of carbonyl (C=O) groups is 2. The summed E-state index contributed by atoms with van der Waals surface area (Å²) < 4.78 is 5.41. The highest BCUT2D eigenvalue weighted by Gasteiger charge is 2.24. The summed E-state index contributed by atoms with van der Waals surface area (Å²) in [5.74, 6) is 0.276. The van der Waals surface area contributed by atoms with Gasteiger partial charge in [-0.1, -0.05) is 23.7 Å². The van der Waals surface area contributed by atoms with Crippen molar-refractivity contribution in [1.82, 2.24) is 0 Å². The first kappa shape index (κ1) is 17.0. The molecule has 6 heteroatoms. The SMILES string of the molecule is CCN1C(=O)COc2ccc(NC(=O)/C=C/c3ccc(Cl)cc3)cc21. The highest BCUT2D eigenvalue weighted by Crippen LogP contribution is 2.34. The van der Waals surface area contributed by atoms with Crippen LogP contribution in [-0.2, 0) is 9.59 Å². The van der Waals surface area contributed by atoms with Gasteiger partial charge in [0.05, 0.1) is 5.69 Å². The molecule has 2 aromatic carbocycles. The van der Waals surface area contributed by atoms with Crippen LogP contribution in [0.15, 0.2) is 48.5 Å². The van der Waals surface area contributed by atoms with Crippen molar-refractivity contribution < 1.29 is 14.3 Å². The van der Waals surface area contributed by atoms with Gasteiger partial charge in [-0.15, -0.1) is 0 Å². The van der Waals surface area contributed by atoms with E-state index in [0.717, 1.165) is 5.56 Å². The van der Waals surface area contributed by atoms with E-state index >= 15 is 0 Å². The Labute approximate surface area is 150 Å². The van der Waals surface area contributed by atoms with Crippen LogP contribution in [0.5, 0.6) is 5.75 Å². The maximum atomic E-state index is 12.1. The van der Waals surface area contributed by atoms with Crippen molar-refractivity contribution >= 4 is 40.9 Å². The second-order valence-electron chi connectivity index (χ2n) is 5.48. The summed E-state index contributed by atoms with van der Waals surface area (Å²) in [7, 11) is 0. The molecule has 0 fully saturated rings. The van der Waals surface area contributed by atoms with Gasteiger partial charge in [0.25, 0.3) is 5.91 Å². The maximum absolute atomic E-state index is 12.1. The molecule has 0 saturated carbocycles. The molecule has 1 heterocycles. The van der Waals surface area contributed by atoms with Gasteiger partial charge in [-0.2, -0.15) is 0 Å². The molecule has 2 aromatic rings. The number of fused-ring (bicyclic) bond motifs is 1. The number of hydrogen-bond acceptors (Lipinski definition) is 3. The van der Waals surface area contributed by atoms with Crippen LogP contribution in [0.3, 0.4) is 0 Å². The zero-order valence-corrected chi connectivity index (χ0v) is 14.4. The molecule has 0 spiro atoms. The average molecular weight is 357 g/mol. The van der Waals surface area contributed by atoms with E-state index in [1.54, 1.807) is 41.3 Å². The van der Waals surface area contributed by atoms with Crippen LogP contribution in [0.1, 0.15) is 12.5 Å². The van der Waals surface area contributed by atoms with Gasteiger partial charge in [-0.05, 0) is 48.9 Å². The first-order chi connectivity index (χ1) is 12.1. The number of nitrogens with one attached hydrogen (secondary N) is 1. The Hall–Kier alpha value is -2.79. The molecule has 1 N–H and O–H groups in total. The summed E-state index contributed by atoms with van der Waals surface area (Å²) in [6.07, 6.45) is 3.15. The van der Waals surface area contributed by atoms with E-state index < -0.39 is 0 Å². The molecule has 0 unspecified atom stereocenters. The number of anilines is 2. The summed E-state index contributed by atoms with van der Waals surface area (Å²) in [6.45, 7) is 2.48. The Balaban J connectivity index is 1.72. The van der Waals surface area contributed by atoms with E-state index in [2.05, 4.69) is 5.32 Å². The van der Waals surface area contributed by atoms with E-state index in [9.17, 15) is 9.59 Å². The van der Waals surface area contributed by atoms with Gasteiger partial charge >= 0.3 is 0 Å². The summed E-state index contributed by atoms with van der Waals surface area (Å²) in [4.78, 5) is 25.6. The van der Waals surface area contributed by atoms with Crippen LogP contribution in [0.4, 0.5) is 11.4 Å². The fourth-order valence-electron chi connectivity index (χ4n) is 2.56. The van der Waals surface area contributed by atoms with E-state index in [1.165, 1.54) is 6.08 Å². The van der Waals surface area contributed by atoms with Gasteiger partial charge in [0.1, 0.15) is 5.75 Å². The molecule has 1 aliphatic heterocycles. The number of carbonyl (C=O) groups excluding carboxylic acids is 2. The smallest absolute Gasteiger partial charge is 0.265 e. The van der Waals surface area contributed by atoms with Crippen molar-refractivity contribution in [3.8, 4) is 5.75 Å². The minimum atomic E-state index is -0.263. The molecular weight excluding hydrogens is 340 g/mol. The molecule has 2 amide bonds. The van der Waals surface area contributed by atoms with Crippen molar-refractivity contribution in [2.45, 2.75) is 6.92 Å². The lowest BCUT2D eigenvalue weighted by atomic mass is 10.2. The number of ether oxygens (including phenoxy) is 1. The summed E-state index contributed by atoms with van der Waals surface area (Å²) in [5.41, 5.74) is 2.14. The minimum absolute atomic E-state index is 0.0381. The normalized spacial score (nSPS) is 13.5. The highest BCUT2D eigenvalue weighted by molar-refractivity contribution is 6.30. The fourth-order valence-corrected chi connectivity index (χ4v) is 2.68. The summed E-state index contributed by atoms with van der Waals surface area (Å²) >= 11 is 5.83. The van der Waals surface area contributed by atoms with Crippen LogP contribution >= 0.6 is 11.6 Å². The number of rotatable bonds is 4. The minimum Gasteiger partial charge on any atom is -0.482 e. The van der Waals surface area contributed by atoms with Crippen molar-refractivity contribution in [3.05, 3.63) is 59.1 Å².